The van der Waals surface area contributed by atoms with Crippen molar-refractivity contribution in [2.75, 3.05) is 56.2 Å². The molecule has 0 radical (unpaired) electrons. The van der Waals surface area contributed by atoms with E-state index in [1.807, 2.05) is 12.1 Å². The van der Waals surface area contributed by atoms with Gasteiger partial charge in [0, 0.05) is 38.5 Å². The number of nitrogens with two attached hydrogens (primary N) is 1. The molecule has 0 bridgehead atoms. The quantitative estimate of drug-likeness (QED) is 0.799. The van der Waals surface area contributed by atoms with E-state index in [0.29, 0.717) is 5.13 Å². The second kappa shape index (κ2) is 7.85. The number of nitrogen functional groups attached to an aromatic ring is 1. The number of para-hydroxylation sites is 2. The summed E-state index contributed by atoms with van der Waals surface area (Å²) < 4.78 is 6.41. The van der Waals surface area contributed by atoms with Crippen molar-refractivity contribution in [3.05, 3.63) is 24.3 Å². The van der Waals surface area contributed by atoms with Crippen LogP contribution in [-0.2, 0) is 0 Å². The molecule has 0 unspecified atom stereocenters. The Bertz CT molecular complexity index is 628. The number of aromatic nitrogens is 2. The average molecular weight is 352 g/mol. The van der Waals surface area contributed by atoms with E-state index in [2.05, 4.69) is 32.1 Å². The van der Waals surface area contributed by atoms with Crippen molar-refractivity contribution in [1.82, 2.24) is 15.1 Å². The SMILES string of the molecule is COc1ccccc1N1CCN(CCSc2nnc(N)s2)CC1. The highest BCUT2D eigenvalue weighted by Crippen LogP contribution is 2.28. The summed E-state index contributed by atoms with van der Waals surface area (Å²) in [5.41, 5.74) is 6.78. The van der Waals surface area contributed by atoms with Gasteiger partial charge in [-0.2, -0.15) is 0 Å². The smallest absolute Gasteiger partial charge is 0.203 e. The van der Waals surface area contributed by atoms with Crippen molar-refractivity contribution in [1.29, 1.82) is 0 Å². The topological polar surface area (TPSA) is 67.5 Å². The van der Waals surface area contributed by atoms with E-state index in [0.717, 1.165) is 48.6 Å². The monoisotopic (exact) mass is 351 g/mol. The van der Waals surface area contributed by atoms with Crippen molar-refractivity contribution >= 4 is 33.9 Å². The van der Waals surface area contributed by atoms with Gasteiger partial charge in [0.05, 0.1) is 12.8 Å². The number of piperazine rings is 1. The Morgan fingerprint density at radius 2 is 2.00 bits per heavy atom. The van der Waals surface area contributed by atoms with Crippen LogP contribution >= 0.6 is 23.1 Å². The van der Waals surface area contributed by atoms with Gasteiger partial charge in [0.25, 0.3) is 0 Å². The zero-order chi connectivity index (χ0) is 16.1. The second-order valence-corrected chi connectivity index (χ2v) is 7.61. The summed E-state index contributed by atoms with van der Waals surface area (Å²) in [7, 11) is 1.73. The Balaban J connectivity index is 1.45. The Morgan fingerprint density at radius 1 is 1.22 bits per heavy atom. The summed E-state index contributed by atoms with van der Waals surface area (Å²) in [6, 6.07) is 8.22. The molecule has 2 N–H and O–H groups in total. The Labute approximate surface area is 144 Å². The van der Waals surface area contributed by atoms with Crippen molar-refractivity contribution in [2.24, 2.45) is 0 Å². The van der Waals surface area contributed by atoms with Crippen LogP contribution in [0.1, 0.15) is 0 Å². The van der Waals surface area contributed by atoms with E-state index in [9.17, 15) is 0 Å². The van der Waals surface area contributed by atoms with Crippen LogP contribution in [0.25, 0.3) is 0 Å². The number of hydrogen-bond donors (Lipinski definition) is 1. The maximum absolute atomic E-state index is 5.59. The summed E-state index contributed by atoms with van der Waals surface area (Å²) in [4.78, 5) is 4.89. The fourth-order valence-corrected chi connectivity index (χ4v) is 4.35. The standard InChI is InChI=1S/C15H21N5OS2/c1-21-13-5-3-2-4-12(13)20-8-6-19(7-9-20)10-11-22-15-18-17-14(16)23-15/h2-5H,6-11H2,1H3,(H2,16,17). The van der Waals surface area contributed by atoms with E-state index >= 15 is 0 Å². The molecule has 0 saturated carbocycles. The maximum Gasteiger partial charge on any atom is 0.203 e. The molecule has 0 atom stereocenters. The molecule has 1 saturated heterocycles. The second-order valence-electron chi connectivity index (χ2n) is 5.26. The molecule has 1 aromatic carbocycles. The van der Waals surface area contributed by atoms with Gasteiger partial charge in [0.15, 0.2) is 4.34 Å². The number of anilines is 2. The van der Waals surface area contributed by atoms with E-state index < -0.39 is 0 Å². The number of methoxy groups -OCH3 is 1. The Kier molecular flexibility index (Phi) is 5.58. The first-order chi connectivity index (χ1) is 11.3. The number of rotatable bonds is 6. The molecule has 23 heavy (non-hydrogen) atoms. The predicted octanol–water partition coefficient (Wildman–Crippen LogP) is 2.04. The lowest BCUT2D eigenvalue weighted by atomic mass is 10.2. The van der Waals surface area contributed by atoms with E-state index in [1.54, 1.807) is 18.9 Å². The third kappa shape index (κ3) is 4.27. The molecule has 0 spiro atoms. The van der Waals surface area contributed by atoms with Gasteiger partial charge in [-0.1, -0.05) is 35.2 Å². The number of benzene rings is 1. The first-order valence-electron chi connectivity index (χ1n) is 7.58. The Hall–Kier alpha value is -1.51. The molecule has 1 aliphatic rings. The lowest BCUT2D eigenvalue weighted by molar-refractivity contribution is 0.272. The minimum atomic E-state index is 0.540. The fraction of sp³-hybridized carbons (Fsp3) is 0.467. The highest BCUT2D eigenvalue weighted by atomic mass is 32.2. The lowest BCUT2D eigenvalue weighted by Gasteiger charge is -2.36. The molecular formula is C15H21N5OS2. The van der Waals surface area contributed by atoms with Crippen molar-refractivity contribution < 1.29 is 4.74 Å². The third-order valence-electron chi connectivity index (χ3n) is 3.85. The molecule has 0 amide bonds. The van der Waals surface area contributed by atoms with E-state index in [1.165, 1.54) is 17.0 Å². The average Bonchev–Trinajstić information content (AvgIpc) is 3.01. The van der Waals surface area contributed by atoms with Crippen LogP contribution in [-0.4, -0.2) is 60.7 Å². The van der Waals surface area contributed by atoms with Crippen LogP contribution in [0.15, 0.2) is 28.6 Å². The van der Waals surface area contributed by atoms with Crippen LogP contribution in [0, 0.1) is 0 Å². The molecule has 124 valence electrons. The van der Waals surface area contributed by atoms with Gasteiger partial charge < -0.3 is 15.4 Å². The van der Waals surface area contributed by atoms with Crippen LogP contribution in [0.2, 0.25) is 0 Å². The molecule has 8 heteroatoms. The van der Waals surface area contributed by atoms with E-state index in [4.69, 9.17) is 10.5 Å². The third-order valence-corrected chi connectivity index (χ3v) is 5.72. The van der Waals surface area contributed by atoms with Crippen LogP contribution in [0.3, 0.4) is 0 Å². The number of ether oxygens (including phenoxy) is 1. The number of thioether (sulfide) groups is 1. The highest BCUT2D eigenvalue weighted by Gasteiger charge is 2.19. The van der Waals surface area contributed by atoms with Gasteiger partial charge in [0.2, 0.25) is 5.13 Å². The molecule has 1 aliphatic heterocycles. The number of hydrogen-bond acceptors (Lipinski definition) is 8. The lowest BCUT2D eigenvalue weighted by Crippen LogP contribution is -2.47. The summed E-state index contributed by atoms with van der Waals surface area (Å²) in [6.07, 6.45) is 0. The molecular weight excluding hydrogens is 330 g/mol. The van der Waals surface area contributed by atoms with Gasteiger partial charge in [-0.25, -0.2) is 0 Å². The molecule has 0 aliphatic carbocycles. The largest absolute Gasteiger partial charge is 0.495 e. The zero-order valence-corrected chi connectivity index (χ0v) is 14.8. The van der Waals surface area contributed by atoms with Crippen LogP contribution < -0.4 is 15.4 Å². The number of nitrogens with zero attached hydrogens (tertiary/aromatic N) is 4. The summed E-state index contributed by atoms with van der Waals surface area (Å²) in [5.74, 6) is 1.97. The highest BCUT2D eigenvalue weighted by molar-refractivity contribution is 8.01. The zero-order valence-electron chi connectivity index (χ0n) is 13.1. The van der Waals surface area contributed by atoms with Crippen molar-refractivity contribution in [3.63, 3.8) is 0 Å². The van der Waals surface area contributed by atoms with Crippen LogP contribution in [0.5, 0.6) is 5.75 Å². The van der Waals surface area contributed by atoms with Gasteiger partial charge in [-0.3, -0.25) is 4.90 Å². The van der Waals surface area contributed by atoms with Crippen molar-refractivity contribution in [2.45, 2.75) is 4.34 Å². The summed E-state index contributed by atoms with van der Waals surface area (Å²) >= 11 is 3.18. The molecule has 2 heterocycles. The first kappa shape index (κ1) is 16.4. The molecule has 3 rings (SSSR count). The normalized spacial score (nSPS) is 15.8. The molecule has 2 aromatic rings. The maximum atomic E-state index is 5.59. The summed E-state index contributed by atoms with van der Waals surface area (Å²) in [5, 5.41) is 8.41. The minimum absolute atomic E-state index is 0.540. The Morgan fingerprint density at radius 3 is 2.70 bits per heavy atom. The van der Waals surface area contributed by atoms with Gasteiger partial charge in [-0.15, -0.1) is 10.2 Å². The molecule has 1 fully saturated rings. The predicted molar refractivity (Wildman–Crippen MR) is 96.7 cm³/mol. The van der Waals surface area contributed by atoms with Crippen molar-refractivity contribution in [3.8, 4) is 5.75 Å². The molecule has 6 nitrogen and oxygen atoms in total. The summed E-state index contributed by atoms with van der Waals surface area (Å²) in [6.45, 7) is 5.24. The minimum Gasteiger partial charge on any atom is -0.495 e. The van der Waals surface area contributed by atoms with Gasteiger partial charge >= 0.3 is 0 Å². The first-order valence-corrected chi connectivity index (χ1v) is 9.38. The fourth-order valence-electron chi connectivity index (χ4n) is 2.64. The van der Waals surface area contributed by atoms with Gasteiger partial charge in [-0.05, 0) is 12.1 Å². The van der Waals surface area contributed by atoms with Crippen LogP contribution in [0.4, 0.5) is 10.8 Å². The van der Waals surface area contributed by atoms with E-state index in [-0.39, 0.29) is 0 Å². The van der Waals surface area contributed by atoms with Gasteiger partial charge in [0.1, 0.15) is 5.75 Å². The molecule has 1 aromatic heterocycles.